The van der Waals surface area contributed by atoms with Gasteiger partial charge in [0.25, 0.3) is 0 Å². The molecule has 0 bridgehead atoms. The summed E-state index contributed by atoms with van der Waals surface area (Å²) < 4.78 is 4.14. The topological polar surface area (TPSA) is 29.5 Å². The normalized spacial score (nSPS) is 8.40. The fourth-order valence-electron chi connectivity index (χ4n) is 0.0408. The zero-order valence-corrected chi connectivity index (χ0v) is 3.61. The van der Waals surface area contributed by atoms with E-state index in [9.17, 15) is 0 Å². The lowest BCUT2D eigenvalue weighted by molar-refractivity contribution is 0.223. The van der Waals surface area contributed by atoms with Crippen LogP contribution < -0.4 is 0 Å². The third-order valence-electron chi connectivity index (χ3n) is 0.183. The van der Waals surface area contributed by atoms with Crippen LogP contribution in [0.2, 0.25) is 0 Å². The molecule has 0 heterocycles. The summed E-state index contributed by atoms with van der Waals surface area (Å²) in [5, 5.41) is 7.89. The summed E-state index contributed by atoms with van der Waals surface area (Å²) in [6.07, 6.45) is 0. The maximum absolute atomic E-state index is 7.89. The van der Waals surface area contributed by atoms with Crippen molar-refractivity contribution in [3.63, 3.8) is 0 Å². The molecule has 2 nitrogen and oxygen atoms in total. The molecule has 0 amide bonds. The van der Waals surface area contributed by atoms with E-state index in [0.29, 0.717) is 6.61 Å². The number of aliphatic hydroxyl groups excluding tert-OH is 1. The maximum Gasteiger partial charge on any atom is 0.0841 e. The molecule has 0 atom stereocenters. The third-order valence-corrected chi connectivity index (χ3v) is 0.365. The molecule has 0 unspecified atom stereocenters. The van der Waals surface area contributed by atoms with E-state index in [1.54, 1.807) is 0 Å². The van der Waals surface area contributed by atoms with E-state index in [2.05, 4.69) is 17.1 Å². The van der Waals surface area contributed by atoms with Gasteiger partial charge in [0, 0.05) is 0 Å². The Morgan fingerprint density at radius 2 is 2.40 bits per heavy atom. The van der Waals surface area contributed by atoms with Gasteiger partial charge in [0.2, 0.25) is 0 Å². The molecular weight excluding hydrogens is 88.1 g/mol. The van der Waals surface area contributed by atoms with E-state index in [-0.39, 0.29) is 6.61 Å². The van der Waals surface area contributed by atoms with E-state index >= 15 is 0 Å². The minimum atomic E-state index is 0.0451. The molecule has 0 aromatic carbocycles. The van der Waals surface area contributed by atoms with Crippen LogP contribution in [-0.4, -0.2) is 18.3 Å². The van der Waals surface area contributed by atoms with E-state index in [0.717, 1.165) is 0 Å². The minimum Gasteiger partial charge on any atom is -0.394 e. The summed E-state index contributed by atoms with van der Waals surface area (Å²) in [7, 11) is 0. The fourth-order valence-corrected chi connectivity index (χ4v) is 0.122. The lowest BCUT2D eigenvalue weighted by Gasteiger charge is -1.82. The maximum atomic E-state index is 7.89. The molecule has 0 spiro atoms. The van der Waals surface area contributed by atoms with Crippen LogP contribution >= 0.6 is 12.9 Å². The van der Waals surface area contributed by atoms with E-state index in [1.165, 1.54) is 0 Å². The van der Waals surface area contributed by atoms with Crippen molar-refractivity contribution in [1.29, 1.82) is 0 Å². The summed E-state index contributed by atoms with van der Waals surface area (Å²) in [5.74, 6) is 0. The highest BCUT2D eigenvalue weighted by Gasteiger charge is 1.68. The van der Waals surface area contributed by atoms with Crippen molar-refractivity contribution in [2.24, 2.45) is 0 Å². The van der Waals surface area contributed by atoms with Crippen LogP contribution in [0.3, 0.4) is 0 Å². The second kappa shape index (κ2) is 4.27. The van der Waals surface area contributed by atoms with Crippen molar-refractivity contribution in [3.8, 4) is 0 Å². The van der Waals surface area contributed by atoms with Crippen molar-refractivity contribution >= 4 is 12.9 Å². The highest BCUT2D eigenvalue weighted by molar-refractivity contribution is 7.75. The van der Waals surface area contributed by atoms with Gasteiger partial charge in [-0.3, -0.25) is 0 Å². The summed E-state index contributed by atoms with van der Waals surface area (Å²) in [5.41, 5.74) is 0. The standard InChI is InChI=1S/C2H6O2S/c3-1-2-4-5/h3,5H,1-2H2. The van der Waals surface area contributed by atoms with Gasteiger partial charge in [0.05, 0.1) is 13.2 Å². The van der Waals surface area contributed by atoms with Crippen molar-refractivity contribution in [1.82, 2.24) is 0 Å². The predicted octanol–water partition coefficient (Wildman–Crippen LogP) is -0.160. The summed E-state index contributed by atoms with van der Waals surface area (Å²) in [4.78, 5) is 0. The first-order valence-corrected chi connectivity index (χ1v) is 1.65. The highest BCUT2D eigenvalue weighted by Crippen LogP contribution is 1.71. The van der Waals surface area contributed by atoms with Crippen LogP contribution in [0.15, 0.2) is 0 Å². The Bertz CT molecular complexity index is 15.1. The van der Waals surface area contributed by atoms with Crippen molar-refractivity contribution in [2.45, 2.75) is 0 Å². The first kappa shape index (κ1) is 5.27. The zero-order valence-electron chi connectivity index (χ0n) is 2.72. The van der Waals surface area contributed by atoms with Crippen LogP contribution in [0.25, 0.3) is 0 Å². The van der Waals surface area contributed by atoms with Gasteiger partial charge in [-0.15, -0.1) is 0 Å². The first-order valence-electron chi connectivity index (χ1n) is 1.29. The minimum absolute atomic E-state index is 0.0451. The Kier molecular flexibility index (Phi) is 4.50. The quantitative estimate of drug-likeness (QED) is 0.368. The molecule has 0 saturated heterocycles. The largest absolute Gasteiger partial charge is 0.394 e. The number of rotatable bonds is 2. The van der Waals surface area contributed by atoms with Crippen LogP contribution in [0.4, 0.5) is 0 Å². The summed E-state index contributed by atoms with van der Waals surface area (Å²) >= 11 is 3.34. The average molecular weight is 94.1 g/mol. The van der Waals surface area contributed by atoms with E-state index in [4.69, 9.17) is 5.11 Å². The van der Waals surface area contributed by atoms with Crippen LogP contribution in [0.5, 0.6) is 0 Å². The lowest BCUT2D eigenvalue weighted by atomic mass is 10.8. The molecule has 0 aliphatic heterocycles. The molecule has 3 heteroatoms. The van der Waals surface area contributed by atoms with Crippen LogP contribution in [0.1, 0.15) is 0 Å². The number of hydrogen-bond donors (Lipinski definition) is 2. The number of aliphatic hydroxyl groups is 1. The van der Waals surface area contributed by atoms with Crippen molar-refractivity contribution < 1.29 is 9.29 Å². The van der Waals surface area contributed by atoms with Crippen LogP contribution in [-0.2, 0) is 4.18 Å². The van der Waals surface area contributed by atoms with Crippen molar-refractivity contribution in [3.05, 3.63) is 0 Å². The molecule has 0 fully saturated rings. The predicted molar refractivity (Wildman–Crippen MR) is 22.0 cm³/mol. The molecule has 0 aromatic heterocycles. The Morgan fingerprint density at radius 1 is 1.80 bits per heavy atom. The van der Waals surface area contributed by atoms with Gasteiger partial charge < -0.3 is 9.29 Å². The molecule has 0 aromatic rings. The summed E-state index contributed by atoms with van der Waals surface area (Å²) in [6, 6.07) is 0. The van der Waals surface area contributed by atoms with Crippen LogP contribution in [0, 0.1) is 0 Å². The van der Waals surface area contributed by atoms with Gasteiger partial charge in [0.15, 0.2) is 0 Å². The molecule has 0 rings (SSSR count). The Balaban J connectivity index is 2.19. The molecule has 5 heavy (non-hydrogen) atoms. The molecule has 0 aliphatic carbocycles. The average Bonchev–Trinajstić information content (AvgIpc) is 1.41. The molecule has 1 N–H and O–H groups in total. The molecule has 0 aliphatic rings. The molecule has 0 saturated carbocycles. The first-order chi connectivity index (χ1) is 2.41. The van der Waals surface area contributed by atoms with E-state index in [1.807, 2.05) is 0 Å². The van der Waals surface area contributed by atoms with Crippen molar-refractivity contribution in [2.75, 3.05) is 13.2 Å². The fraction of sp³-hybridized carbons (Fsp3) is 1.00. The van der Waals surface area contributed by atoms with Gasteiger partial charge in [-0.1, -0.05) is 0 Å². The molecular formula is C2H6O2S. The highest BCUT2D eigenvalue weighted by atomic mass is 32.1. The second-order valence-corrected chi connectivity index (χ2v) is 0.815. The van der Waals surface area contributed by atoms with E-state index < -0.39 is 0 Å². The summed E-state index contributed by atoms with van der Waals surface area (Å²) in [6.45, 7) is 0.354. The Labute approximate surface area is 36.4 Å². The molecule has 32 valence electrons. The van der Waals surface area contributed by atoms with Gasteiger partial charge in [-0.05, 0) is 12.9 Å². The monoisotopic (exact) mass is 94.0 g/mol. The van der Waals surface area contributed by atoms with Gasteiger partial charge in [0.1, 0.15) is 0 Å². The van der Waals surface area contributed by atoms with Gasteiger partial charge in [-0.2, -0.15) is 0 Å². The SMILES string of the molecule is OCCOS. The number of thiol groups is 1. The zero-order chi connectivity index (χ0) is 4.12. The smallest absolute Gasteiger partial charge is 0.0841 e. The second-order valence-electron chi connectivity index (χ2n) is 0.557. The number of hydrogen-bond acceptors (Lipinski definition) is 3. The van der Waals surface area contributed by atoms with Gasteiger partial charge in [-0.25, -0.2) is 0 Å². The third kappa shape index (κ3) is 4.27. The molecule has 0 radical (unpaired) electrons. The lowest BCUT2D eigenvalue weighted by Crippen LogP contribution is -1.87. The Morgan fingerprint density at radius 3 is 2.40 bits per heavy atom. The van der Waals surface area contributed by atoms with Gasteiger partial charge >= 0.3 is 0 Å². The Hall–Kier alpha value is 0.270.